The van der Waals surface area contributed by atoms with E-state index in [0.29, 0.717) is 6.54 Å². The summed E-state index contributed by atoms with van der Waals surface area (Å²) in [6, 6.07) is 7.74. The van der Waals surface area contributed by atoms with Gasteiger partial charge in [-0.2, -0.15) is 0 Å². The van der Waals surface area contributed by atoms with Gasteiger partial charge in [0.15, 0.2) is 0 Å². The number of benzene rings is 1. The Morgan fingerprint density at radius 3 is 2.81 bits per heavy atom. The van der Waals surface area contributed by atoms with E-state index in [0.717, 1.165) is 22.1 Å². The van der Waals surface area contributed by atoms with Crippen LogP contribution in [-0.4, -0.2) is 9.97 Å². The van der Waals surface area contributed by atoms with E-state index in [2.05, 4.69) is 15.3 Å². The van der Waals surface area contributed by atoms with Gasteiger partial charge in [-0.05, 0) is 18.6 Å². The Bertz CT molecular complexity index is 485. The van der Waals surface area contributed by atoms with E-state index in [1.54, 1.807) is 12.4 Å². The molecule has 0 aliphatic carbocycles. The van der Waals surface area contributed by atoms with E-state index in [4.69, 9.17) is 11.6 Å². The fourth-order valence-corrected chi connectivity index (χ4v) is 1.58. The minimum absolute atomic E-state index is 0.651. The molecule has 1 heterocycles. The lowest BCUT2D eigenvalue weighted by molar-refractivity contribution is 1.05. The number of nitrogens with zero attached hydrogens (tertiary/aromatic N) is 2. The number of anilines is 1. The number of hydrogen-bond acceptors (Lipinski definition) is 3. The Morgan fingerprint density at radius 2 is 2.06 bits per heavy atom. The normalized spacial score (nSPS) is 10.1. The van der Waals surface area contributed by atoms with Crippen LogP contribution in [0.3, 0.4) is 0 Å². The van der Waals surface area contributed by atoms with Gasteiger partial charge >= 0.3 is 0 Å². The van der Waals surface area contributed by atoms with Crippen molar-refractivity contribution in [3.8, 4) is 0 Å². The number of rotatable bonds is 3. The zero-order chi connectivity index (χ0) is 11.4. The first-order chi connectivity index (χ1) is 7.75. The van der Waals surface area contributed by atoms with Gasteiger partial charge in [-0.1, -0.05) is 29.8 Å². The molecule has 0 saturated heterocycles. The molecule has 0 aliphatic heterocycles. The van der Waals surface area contributed by atoms with Crippen molar-refractivity contribution in [1.29, 1.82) is 0 Å². The van der Waals surface area contributed by atoms with Gasteiger partial charge < -0.3 is 5.32 Å². The Morgan fingerprint density at radius 1 is 1.25 bits per heavy atom. The quantitative estimate of drug-likeness (QED) is 0.886. The van der Waals surface area contributed by atoms with Crippen LogP contribution in [0.15, 0.2) is 36.7 Å². The molecule has 0 bridgehead atoms. The molecule has 1 aromatic heterocycles. The summed E-state index contributed by atoms with van der Waals surface area (Å²) in [7, 11) is 0. The molecule has 0 fully saturated rings. The number of aryl methyl sites for hydroxylation is 1. The summed E-state index contributed by atoms with van der Waals surface area (Å²) in [6.07, 6.45) is 3.42. The molecule has 16 heavy (non-hydrogen) atoms. The van der Waals surface area contributed by atoms with Gasteiger partial charge in [0.2, 0.25) is 0 Å². The van der Waals surface area contributed by atoms with Crippen molar-refractivity contribution < 1.29 is 0 Å². The highest BCUT2D eigenvalue weighted by atomic mass is 35.5. The van der Waals surface area contributed by atoms with E-state index < -0.39 is 0 Å². The van der Waals surface area contributed by atoms with E-state index in [-0.39, 0.29) is 0 Å². The molecular weight excluding hydrogens is 222 g/mol. The lowest BCUT2D eigenvalue weighted by atomic mass is 10.2. The second-order valence-corrected chi connectivity index (χ2v) is 3.90. The smallest absolute Gasteiger partial charge is 0.145 e. The number of halogens is 1. The molecule has 82 valence electrons. The highest BCUT2D eigenvalue weighted by Gasteiger charge is 1.99. The monoisotopic (exact) mass is 233 g/mol. The maximum absolute atomic E-state index is 6.05. The Hall–Kier alpha value is -1.61. The minimum atomic E-state index is 0.651. The highest BCUT2D eigenvalue weighted by molar-refractivity contribution is 6.31. The van der Waals surface area contributed by atoms with Crippen molar-refractivity contribution in [2.24, 2.45) is 0 Å². The molecule has 0 spiro atoms. The molecule has 0 radical (unpaired) electrons. The van der Waals surface area contributed by atoms with Crippen LogP contribution in [0.1, 0.15) is 11.3 Å². The van der Waals surface area contributed by atoms with Crippen molar-refractivity contribution in [1.82, 2.24) is 9.97 Å². The fraction of sp³-hybridized carbons (Fsp3) is 0.167. The molecule has 1 aromatic carbocycles. The van der Waals surface area contributed by atoms with Crippen molar-refractivity contribution in [2.75, 3.05) is 5.32 Å². The molecule has 0 saturated carbocycles. The summed E-state index contributed by atoms with van der Waals surface area (Å²) < 4.78 is 0. The molecule has 4 heteroatoms. The maximum atomic E-state index is 6.05. The largest absolute Gasteiger partial charge is 0.365 e. The van der Waals surface area contributed by atoms with Crippen molar-refractivity contribution in [2.45, 2.75) is 13.5 Å². The minimum Gasteiger partial charge on any atom is -0.365 e. The van der Waals surface area contributed by atoms with Crippen LogP contribution in [0.2, 0.25) is 5.02 Å². The van der Waals surface area contributed by atoms with Gasteiger partial charge in [0, 0.05) is 17.8 Å². The summed E-state index contributed by atoms with van der Waals surface area (Å²) in [4.78, 5) is 8.36. The summed E-state index contributed by atoms with van der Waals surface area (Å²) in [5, 5.41) is 3.94. The second-order valence-electron chi connectivity index (χ2n) is 3.49. The van der Waals surface area contributed by atoms with Crippen LogP contribution in [0.4, 0.5) is 5.82 Å². The molecule has 0 unspecified atom stereocenters. The molecule has 0 amide bonds. The van der Waals surface area contributed by atoms with Crippen LogP contribution in [0.25, 0.3) is 0 Å². The first-order valence-corrected chi connectivity index (χ1v) is 5.39. The number of nitrogens with one attached hydrogen (secondary N) is 1. The first-order valence-electron chi connectivity index (χ1n) is 5.01. The summed E-state index contributed by atoms with van der Waals surface area (Å²) >= 11 is 6.05. The van der Waals surface area contributed by atoms with Crippen molar-refractivity contribution in [3.63, 3.8) is 0 Å². The zero-order valence-electron chi connectivity index (χ0n) is 8.94. The van der Waals surface area contributed by atoms with Gasteiger partial charge in [-0.15, -0.1) is 0 Å². The van der Waals surface area contributed by atoms with Gasteiger partial charge in [0.1, 0.15) is 5.82 Å². The SMILES string of the molecule is Cc1cncc(NCc2ccccc2Cl)n1. The van der Waals surface area contributed by atoms with Gasteiger partial charge in [0.25, 0.3) is 0 Å². The van der Waals surface area contributed by atoms with Crippen LogP contribution < -0.4 is 5.32 Å². The Balaban J connectivity index is 2.05. The predicted molar refractivity (Wildman–Crippen MR) is 65.5 cm³/mol. The van der Waals surface area contributed by atoms with Gasteiger partial charge in [-0.25, -0.2) is 4.98 Å². The topological polar surface area (TPSA) is 37.8 Å². The maximum Gasteiger partial charge on any atom is 0.145 e. The third kappa shape index (κ3) is 2.70. The third-order valence-corrected chi connectivity index (χ3v) is 2.54. The van der Waals surface area contributed by atoms with Gasteiger partial charge in [-0.3, -0.25) is 4.98 Å². The highest BCUT2D eigenvalue weighted by Crippen LogP contribution is 2.15. The molecule has 3 nitrogen and oxygen atoms in total. The zero-order valence-corrected chi connectivity index (χ0v) is 9.70. The van der Waals surface area contributed by atoms with Crippen molar-refractivity contribution >= 4 is 17.4 Å². The van der Waals surface area contributed by atoms with Crippen LogP contribution in [0.5, 0.6) is 0 Å². The predicted octanol–water partition coefficient (Wildman–Crippen LogP) is 3.05. The third-order valence-electron chi connectivity index (χ3n) is 2.17. The van der Waals surface area contributed by atoms with Crippen molar-refractivity contribution in [3.05, 3.63) is 52.9 Å². The Labute approximate surface area is 99.5 Å². The standard InChI is InChI=1S/C12H12ClN3/c1-9-6-14-8-12(16-9)15-7-10-4-2-3-5-11(10)13/h2-6,8H,7H2,1H3,(H,15,16). The van der Waals surface area contributed by atoms with E-state index in [1.165, 1.54) is 0 Å². The lowest BCUT2D eigenvalue weighted by Gasteiger charge is -2.07. The average molecular weight is 234 g/mol. The molecule has 0 aliphatic rings. The molecule has 0 atom stereocenters. The van der Waals surface area contributed by atoms with E-state index in [9.17, 15) is 0 Å². The first kappa shape index (κ1) is 10.9. The second kappa shape index (κ2) is 4.94. The summed E-state index contributed by atoms with van der Waals surface area (Å²) in [5.74, 6) is 0.764. The average Bonchev–Trinajstić information content (AvgIpc) is 2.28. The lowest BCUT2D eigenvalue weighted by Crippen LogP contribution is -2.02. The van der Waals surface area contributed by atoms with Crippen LogP contribution in [-0.2, 0) is 6.54 Å². The fourth-order valence-electron chi connectivity index (χ4n) is 1.38. The molecular formula is C12H12ClN3. The molecule has 1 N–H and O–H groups in total. The van der Waals surface area contributed by atoms with Crippen LogP contribution >= 0.6 is 11.6 Å². The molecule has 2 rings (SSSR count). The van der Waals surface area contributed by atoms with E-state index in [1.807, 2.05) is 31.2 Å². The summed E-state index contributed by atoms with van der Waals surface area (Å²) in [5.41, 5.74) is 1.94. The van der Waals surface area contributed by atoms with Gasteiger partial charge in [0.05, 0.1) is 11.9 Å². The van der Waals surface area contributed by atoms with E-state index >= 15 is 0 Å². The molecule has 2 aromatic rings. The van der Waals surface area contributed by atoms with Crippen LogP contribution in [0, 0.1) is 6.92 Å². The Kier molecular flexibility index (Phi) is 3.37. The number of hydrogen-bond donors (Lipinski definition) is 1. The number of aromatic nitrogens is 2. The summed E-state index contributed by atoms with van der Waals surface area (Å²) in [6.45, 7) is 2.56.